The molecule has 2 heterocycles. The van der Waals surface area contributed by atoms with Gasteiger partial charge in [-0.3, -0.25) is 4.79 Å². The lowest BCUT2D eigenvalue weighted by Crippen LogP contribution is -2.32. The molecule has 8 nitrogen and oxygen atoms in total. The molecule has 0 spiro atoms. The molecule has 0 fully saturated rings. The van der Waals surface area contributed by atoms with Gasteiger partial charge >= 0.3 is 6.01 Å². The number of aliphatic imine (C=N–C) groups is 1. The summed E-state index contributed by atoms with van der Waals surface area (Å²) < 4.78 is 5.69. The maximum atomic E-state index is 12.9. The van der Waals surface area contributed by atoms with Gasteiger partial charge in [0, 0.05) is 16.7 Å². The summed E-state index contributed by atoms with van der Waals surface area (Å²) in [5.41, 5.74) is 4.24. The van der Waals surface area contributed by atoms with Crippen LogP contribution in [0.15, 0.2) is 88.3 Å². The first kappa shape index (κ1) is 19.2. The van der Waals surface area contributed by atoms with E-state index in [0.29, 0.717) is 22.5 Å². The van der Waals surface area contributed by atoms with Crippen molar-refractivity contribution >= 4 is 23.3 Å². The fraction of sp³-hybridized carbons (Fsp3) is 0.0417. The van der Waals surface area contributed by atoms with E-state index in [9.17, 15) is 4.79 Å². The lowest BCUT2D eigenvalue weighted by atomic mass is 10.0. The molecule has 1 amide bonds. The van der Waals surface area contributed by atoms with Crippen LogP contribution in [0.2, 0.25) is 0 Å². The molecule has 0 saturated carbocycles. The number of benzene rings is 3. The van der Waals surface area contributed by atoms with Crippen LogP contribution < -0.4 is 10.6 Å². The number of anilines is 2. The molecule has 1 atom stereocenters. The van der Waals surface area contributed by atoms with Crippen LogP contribution in [0.5, 0.6) is 0 Å². The van der Waals surface area contributed by atoms with Gasteiger partial charge in [0.1, 0.15) is 0 Å². The molecule has 1 aliphatic heterocycles. The SMILES string of the molecule is N#Cc1ccc(-c2nnc(NC3N=C(c4ccccc4)c4ccccc4NC3=O)o2)cc1. The zero-order valence-corrected chi connectivity index (χ0v) is 16.7. The summed E-state index contributed by atoms with van der Waals surface area (Å²) in [6.07, 6.45) is -0.980. The topological polar surface area (TPSA) is 116 Å². The lowest BCUT2D eigenvalue weighted by Gasteiger charge is -2.11. The van der Waals surface area contributed by atoms with Crippen LogP contribution in [-0.2, 0) is 4.79 Å². The molecule has 0 aliphatic carbocycles. The minimum atomic E-state index is -0.980. The van der Waals surface area contributed by atoms with E-state index in [-0.39, 0.29) is 17.8 Å². The van der Waals surface area contributed by atoms with Crippen molar-refractivity contribution in [3.05, 3.63) is 95.6 Å². The average molecular weight is 420 g/mol. The van der Waals surface area contributed by atoms with Gasteiger partial charge in [0.25, 0.3) is 5.91 Å². The molecule has 1 aliphatic rings. The highest BCUT2D eigenvalue weighted by Gasteiger charge is 2.27. The molecular formula is C24H16N6O2. The third-order valence-electron chi connectivity index (χ3n) is 4.94. The predicted molar refractivity (Wildman–Crippen MR) is 119 cm³/mol. The van der Waals surface area contributed by atoms with Gasteiger partial charge in [-0.25, -0.2) is 4.99 Å². The van der Waals surface area contributed by atoms with Crippen LogP contribution in [0.1, 0.15) is 16.7 Å². The van der Waals surface area contributed by atoms with Gasteiger partial charge in [-0.2, -0.15) is 5.26 Å². The Labute approximate surface area is 183 Å². The standard InChI is InChI=1S/C24H16N6O2/c25-14-15-10-12-17(13-11-15)23-29-30-24(32-23)28-21-22(31)26-19-9-5-4-8-18(19)20(27-21)16-6-2-1-3-7-16/h1-13,21H,(H,26,31)(H,28,30). The largest absolute Gasteiger partial charge is 0.403 e. The van der Waals surface area contributed by atoms with Crippen LogP contribution in [-0.4, -0.2) is 28.0 Å². The molecule has 4 aromatic rings. The second-order valence-corrected chi connectivity index (χ2v) is 7.03. The van der Waals surface area contributed by atoms with Crippen molar-refractivity contribution in [1.82, 2.24) is 10.2 Å². The van der Waals surface area contributed by atoms with Crippen LogP contribution in [0, 0.1) is 11.3 Å². The monoisotopic (exact) mass is 420 g/mol. The third kappa shape index (κ3) is 3.70. The summed E-state index contributed by atoms with van der Waals surface area (Å²) in [4.78, 5) is 17.6. The first-order chi connectivity index (χ1) is 15.7. The molecular weight excluding hydrogens is 404 g/mol. The van der Waals surface area contributed by atoms with E-state index in [1.165, 1.54) is 0 Å². The number of nitrogens with zero attached hydrogens (tertiary/aromatic N) is 4. The fourth-order valence-corrected chi connectivity index (χ4v) is 3.38. The van der Waals surface area contributed by atoms with Crippen molar-refractivity contribution in [2.24, 2.45) is 4.99 Å². The van der Waals surface area contributed by atoms with Crippen LogP contribution in [0.3, 0.4) is 0 Å². The number of carbonyl (C=O) groups excluding carboxylic acids is 1. The first-order valence-electron chi connectivity index (χ1n) is 9.85. The van der Waals surface area contributed by atoms with Gasteiger partial charge in [-0.15, -0.1) is 5.10 Å². The molecule has 1 unspecified atom stereocenters. The Balaban J connectivity index is 1.48. The number of rotatable bonds is 4. The van der Waals surface area contributed by atoms with E-state index in [0.717, 1.165) is 11.1 Å². The van der Waals surface area contributed by atoms with E-state index >= 15 is 0 Å². The van der Waals surface area contributed by atoms with Crippen molar-refractivity contribution in [1.29, 1.82) is 5.26 Å². The molecule has 3 aromatic carbocycles. The highest BCUT2D eigenvalue weighted by atomic mass is 16.4. The van der Waals surface area contributed by atoms with Gasteiger partial charge in [0.05, 0.1) is 23.0 Å². The van der Waals surface area contributed by atoms with E-state index < -0.39 is 6.17 Å². The van der Waals surface area contributed by atoms with Crippen LogP contribution >= 0.6 is 0 Å². The van der Waals surface area contributed by atoms with Gasteiger partial charge < -0.3 is 15.1 Å². The van der Waals surface area contributed by atoms with Gasteiger partial charge in [0.15, 0.2) is 0 Å². The summed E-state index contributed by atoms with van der Waals surface area (Å²) in [7, 11) is 0. The average Bonchev–Trinajstić information content (AvgIpc) is 3.26. The summed E-state index contributed by atoms with van der Waals surface area (Å²) in [5.74, 6) is -0.0805. The lowest BCUT2D eigenvalue weighted by molar-refractivity contribution is -0.116. The third-order valence-corrected chi connectivity index (χ3v) is 4.94. The molecule has 2 N–H and O–H groups in total. The van der Waals surface area contributed by atoms with E-state index in [2.05, 4.69) is 26.9 Å². The van der Waals surface area contributed by atoms with Crippen molar-refractivity contribution < 1.29 is 9.21 Å². The number of nitrogens with one attached hydrogen (secondary N) is 2. The van der Waals surface area contributed by atoms with Gasteiger partial charge in [-0.05, 0) is 30.3 Å². The molecule has 0 saturated heterocycles. The number of hydrogen-bond donors (Lipinski definition) is 2. The Morgan fingerprint density at radius 3 is 2.44 bits per heavy atom. The zero-order valence-electron chi connectivity index (χ0n) is 16.7. The number of hydrogen-bond acceptors (Lipinski definition) is 7. The van der Waals surface area contributed by atoms with Gasteiger partial charge in [-0.1, -0.05) is 53.6 Å². The zero-order chi connectivity index (χ0) is 21.9. The number of para-hydroxylation sites is 1. The maximum absolute atomic E-state index is 12.9. The second-order valence-electron chi connectivity index (χ2n) is 7.03. The van der Waals surface area contributed by atoms with Crippen molar-refractivity contribution in [3.63, 3.8) is 0 Å². The van der Waals surface area contributed by atoms with Crippen LogP contribution in [0.4, 0.5) is 11.7 Å². The number of fused-ring (bicyclic) bond motifs is 1. The molecule has 5 rings (SSSR count). The summed E-state index contributed by atoms with van der Waals surface area (Å²) in [6.45, 7) is 0. The quantitative estimate of drug-likeness (QED) is 0.518. The number of nitriles is 1. The van der Waals surface area contributed by atoms with E-state index in [1.54, 1.807) is 24.3 Å². The summed E-state index contributed by atoms with van der Waals surface area (Å²) in [5, 5.41) is 22.8. The number of aromatic nitrogens is 2. The normalized spacial score (nSPS) is 15.0. The molecule has 1 aromatic heterocycles. The van der Waals surface area contributed by atoms with E-state index in [1.807, 2.05) is 54.6 Å². The van der Waals surface area contributed by atoms with Crippen molar-refractivity contribution in [3.8, 4) is 17.5 Å². The Morgan fingerprint density at radius 1 is 0.906 bits per heavy atom. The molecule has 32 heavy (non-hydrogen) atoms. The maximum Gasteiger partial charge on any atom is 0.317 e. The minimum absolute atomic E-state index is 0.0617. The summed E-state index contributed by atoms with van der Waals surface area (Å²) in [6, 6.07) is 26.1. The first-order valence-corrected chi connectivity index (χ1v) is 9.85. The van der Waals surface area contributed by atoms with Crippen molar-refractivity contribution in [2.45, 2.75) is 6.17 Å². The second kappa shape index (κ2) is 8.16. The number of carbonyl (C=O) groups is 1. The smallest absolute Gasteiger partial charge is 0.317 e. The number of benzodiazepines with no additional fused rings is 1. The molecule has 0 bridgehead atoms. The van der Waals surface area contributed by atoms with Crippen molar-refractivity contribution in [2.75, 3.05) is 10.6 Å². The Hall–Kier alpha value is -4.77. The highest BCUT2D eigenvalue weighted by Crippen LogP contribution is 2.25. The fourth-order valence-electron chi connectivity index (χ4n) is 3.38. The molecule has 0 radical (unpaired) electrons. The Morgan fingerprint density at radius 2 is 1.66 bits per heavy atom. The molecule has 8 heteroatoms. The predicted octanol–water partition coefficient (Wildman–Crippen LogP) is 3.84. The molecule has 154 valence electrons. The van der Waals surface area contributed by atoms with Crippen LogP contribution in [0.25, 0.3) is 11.5 Å². The Kier molecular flexibility index (Phi) is 4.90. The van der Waals surface area contributed by atoms with Gasteiger partial charge in [0.2, 0.25) is 12.1 Å². The minimum Gasteiger partial charge on any atom is -0.403 e. The summed E-state index contributed by atoms with van der Waals surface area (Å²) >= 11 is 0. The number of amides is 1. The van der Waals surface area contributed by atoms with E-state index in [4.69, 9.17) is 14.7 Å². The Bertz CT molecular complexity index is 1350. The highest BCUT2D eigenvalue weighted by molar-refractivity contribution is 6.19.